The van der Waals surface area contributed by atoms with E-state index >= 15 is 0 Å². The Labute approximate surface area is 331 Å². The Balaban J connectivity index is 1.06. The van der Waals surface area contributed by atoms with Crippen molar-refractivity contribution in [2.24, 2.45) is 0 Å². The molecule has 7 rings (SSSR count). The summed E-state index contributed by atoms with van der Waals surface area (Å²) in [4.78, 5) is 78.6. The van der Waals surface area contributed by atoms with Crippen molar-refractivity contribution in [3.8, 4) is 11.4 Å². The average Bonchev–Trinajstić information content (AvgIpc) is 3.54. The number of fused-ring (bicyclic) bond motifs is 2. The van der Waals surface area contributed by atoms with E-state index in [9.17, 15) is 28.8 Å². The quantitative estimate of drug-likeness (QED) is 0.118. The standard InChI is InChI=1S/C44H40N6O8/c1-43(2,3)57-41(55)47-29-11-7-25(8-12-29)45-27-15-19-31(20-16-27)49-37(51)33-23-35-36(24-34(33)38(49)52)40(54)50(39(35)53)32-21-17-28(18-22-32)46-26-9-13-30(14-10-26)48-42(56)58-44(4,5)6/h7-24,45-46H,1-6H3,(H,47,55)(H,48,56). The number of nitrogens with one attached hydrogen (secondary N) is 4. The van der Waals surface area contributed by atoms with Crippen molar-refractivity contribution in [2.75, 3.05) is 21.3 Å². The van der Waals surface area contributed by atoms with E-state index in [1.165, 1.54) is 12.1 Å². The molecule has 0 spiro atoms. The molecule has 0 saturated heterocycles. The maximum atomic E-state index is 13.6. The first kappa shape index (κ1) is 38.8. The molecule has 2 amide bonds. The largest absolute Gasteiger partial charge is 0.444 e. The van der Waals surface area contributed by atoms with Gasteiger partial charge >= 0.3 is 12.2 Å². The van der Waals surface area contributed by atoms with E-state index in [4.69, 9.17) is 9.47 Å². The molecule has 14 heteroatoms. The number of carbonyl (C=O) groups is 2. The van der Waals surface area contributed by atoms with Gasteiger partial charge in [-0.15, -0.1) is 0 Å². The lowest BCUT2D eigenvalue weighted by molar-refractivity contribution is 0.0624. The first-order chi connectivity index (χ1) is 27.4. The lowest BCUT2D eigenvalue weighted by atomic mass is 10.1. The second-order valence-electron chi connectivity index (χ2n) is 15.6. The van der Waals surface area contributed by atoms with Gasteiger partial charge in [-0.3, -0.25) is 29.8 Å². The summed E-state index contributed by atoms with van der Waals surface area (Å²) < 4.78 is 12.6. The molecule has 0 bridgehead atoms. The zero-order valence-electron chi connectivity index (χ0n) is 32.6. The third kappa shape index (κ3) is 8.35. The van der Waals surface area contributed by atoms with Gasteiger partial charge in [0.2, 0.25) is 0 Å². The molecular formula is C44H40N6O8. The highest BCUT2D eigenvalue weighted by atomic mass is 16.6. The van der Waals surface area contributed by atoms with Crippen molar-refractivity contribution >= 4 is 67.9 Å². The number of hydrogen-bond donors (Lipinski definition) is 4. The molecule has 58 heavy (non-hydrogen) atoms. The second-order valence-corrected chi connectivity index (χ2v) is 15.6. The summed E-state index contributed by atoms with van der Waals surface area (Å²) in [5, 5.41) is 11.9. The van der Waals surface area contributed by atoms with Crippen LogP contribution in [0.15, 0.2) is 128 Å². The van der Waals surface area contributed by atoms with Crippen LogP contribution in [0.25, 0.3) is 32.9 Å². The minimum atomic E-state index is -0.622. The van der Waals surface area contributed by atoms with Gasteiger partial charge in [-0.1, -0.05) is 0 Å². The van der Waals surface area contributed by atoms with Crippen LogP contribution in [-0.4, -0.2) is 32.5 Å². The van der Waals surface area contributed by atoms with Crippen LogP contribution in [0.2, 0.25) is 0 Å². The first-order valence-corrected chi connectivity index (χ1v) is 18.3. The van der Waals surface area contributed by atoms with Crippen LogP contribution in [-0.2, 0) is 9.47 Å². The smallest absolute Gasteiger partial charge is 0.412 e. The summed E-state index contributed by atoms with van der Waals surface area (Å²) in [6.45, 7) is 10.7. The van der Waals surface area contributed by atoms with Crippen LogP contribution in [0.1, 0.15) is 41.5 Å². The molecule has 7 aromatic rings. The van der Waals surface area contributed by atoms with E-state index < -0.39 is 45.6 Å². The van der Waals surface area contributed by atoms with Crippen molar-refractivity contribution in [1.82, 2.24) is 9.13 Å². The molecule has 4 N–H and O–H groups in total. The summed E-state index contributed by atoms with van der Waals surface area (Å²) in [5.74, 6) is 0. The summed E-state index contributed by atoms with van der Waals surface area (Å²) in [5.41, 5.74) is 0.865. The predicted octanol–water partition coefficient (Wildman–Crippen LogP) is 8.07. The van der Waals surface area contributed by atoms with E-state index in [1.54, 1.807) is 139 Å². The Morgan fingerprint density at radius 3 is 0.914 bits per heavy atom. The third-order valence-electron chi connectivity index (χ3n) is 8.78. The van der Waals surface area contributed by atoms with E-state index in [0.717, 1.165) is 20.5 Å². The molecule has 0 aliphatic carbocycles. The number of rotatable bonds is 8. The van der Waals surface area contributed by atoms with Gasteiger partial charge in [-0.05, 0) is 151 Å². The van der Waals surface area contributed by atoms with Crippen molar-refractivity contribution in [1.29, 1.82) is 0 Å². The molecule has 0 saturated carbocycles. The molecule has 0 aliphatic heterocycles. The SMILES string of the molecule is CC(C)(C)OC(=O)Nc1ccc(Nc2ccc(-n3c(=O)c4cc5c(=O)n(-c6ccc(Nc7ccc(NC(=O)OC(C)(C)C)cc7)cc6)c(=O)c5cc4c3=O)cc2)cc1. The topological polar surface area (TPSA) is 179 Å². The summed E-state index contributed by atoms with van der Waals surface area (Å²) in [6, 6.07) is 29.9. The normalized spacial score (nSPS) is 11.7. The highest BCUT2D eigenvalue weighted by molar-refractivity contribution is 5.98. The number of anilines is 6. The fourth-order valence-electron chi connectivity index (χ4n) is 6.28. The van der Waals surface area contributed by atoms with Crippen molar-refractivity contribution in [3.63, 3.8) is 0 Å². The fourth-order valence-corrected chi connectivity index (χ4v) is 6.28. The molecule has 0 aliphatic rings. The lowest BCUT2D eigenvalue weighted by Gasteiger charge is -2.19. The van der Waals surface area contributed by atoms with Crippen LogP contribution in [0.3, 0.4) is 0 Å². The number of aromatic nitrogens is 2. The van der Waals surface area contributed by atoms with Gasteiger partial charge in [0.1, 0.15) is 11.2 Å². The van der Waals surface area contributed by atoms with E-state index in [0.29, 0.717) is 34.1 Å². The molecule has 0 fully saturated rings. The van der Waals surface area contributed by atoms with Gasteiger partial charge in [-0.25, -0.2) is 18.7 Å². The van der Waals surface area contributed by atoms with Gasteiger partial charge in [-0.2, -0.15) is 0 Å². The summed E-state index contributed by atoms with van der Waals surface area (Å²) >= 11 is 0. The first-order valence-electron chi connectivity index (χ1n) is 18.3. The van der Waals surface area contributed by atoms with Gasteiger partial charge in [0, 0.05) is 34.1 Å². The monoisotopic (exact) mass is 780 g/mol. The second kappa shape index (κ2) is 14.9. The van der Waals surface area contributed by atoms with Gasteiger partial charge in [0.05, 0.1) is 32.9 Å². The molecule has 0 atom stereocenters. The summed E-state index contributed by atoms with van der Waals surface area (Å²) in [7, 11) is 0. The van der Waals surface area contributed by atoms with E-state index in [-0.39, 0.29) is 21.5 Å². The molecule has 0 radical (unpaired) electrons. The average molecular weight is 781 g/mol. The van der Waals surface area contributed by atoms with Gasteiger partial charge in [0.25, 0.3) is 22.2 Å². The molecule has 294 valence electrons. The Bertz CT molecular complexity index is 2620. The predicted molar refractivity (Wildman–Crippen MR) is 227 cm³/mol. The summed E-state index contributed by atoms with van der Waals surface area (Å²) in [6.07, 6.45) is -1.12. The van der Waals surface area contributed by atoms with Crippen LogP contribution in [0.5, 0.6) is 0 Å². The molecule has 5 aromatic carbocycles. The molecule has 14 nitrogen and oxygen atoms in total. The van der Waals surface area contributed by atoms with E-state index in [1.807, 2.05) is 0 Å². The fraction of sp³-hybridized carbons (Fsp3) is 0.182. The Morgan fingerprint density at radius 2 is 0.655 bits per heavy atom. The minimum absolute atomic E-state index is 0.0286. The highest BCUT2D eigenvalue weighted by Crippen LogP contribution is 2.24. The van der Waals surface area contributed by atoms with Crippen LogP contribution in [0.4, 0.5) is 43.7 Å². The molecule has 2 heterocycles. The minimum Gasteiger partial charge on any atom is -0.444 e. The van der Waals surface area contributed by atoms with Gasteiger partial charge in [0.15, 0.2) is 0 Å². The number of carbonyl (C=O) groups excluding carboxylic acids is 2. The molecule has 2 aromatic heterocycles. The van der Waals surface area contributed by atoms with Crippen molar-refractivity contribution < 1.29 is 19.1 Å². The zero-order valence-corrected chi connectivity index (χ0v) is 32.6. The van der Waals surface area contributed by atoms with Crippen LogP contribution < -0.4 is 43.5 Å². The lowest BCUT2D eigenvalue weighted by Crippen LogP contribution is -2.27. The maximum Gasteiger partial charge on any atom is 0.412 e. The number of nitrogens with zero attached hydrogens (tertiary/aromatic N) is 2. The molecular weight excluding hydrogens is 741 g/mol. The number of amides is 2. The van der Waals surface area contributed by atoms with Crippen molar-refractivity contribution in [2.45, 2.75) is 52.7 Å². The Kier molecular flexibility index (Phi) is 9.95. The number of benzene rings is 5. The third-order valence-corrected chi connectivity index (χ3v) is 8.78. The van der Waals surface area contributed by atoms with Crippen LogP contribution >= 0.6 is 0 Å². The van der Waals surface area contributed by atoms with Crippen LogP contribution in [0, 0.1) is 0 Å². The maximum absolute atomic E-state index is 13.6. The van der Waals surface area contributed by atoms with E-state index in [2.05, 4.69) is 21.3 Å². The molecule has 0 unspecified atom stereocenters. The number of ether oxygens (including phenoxy) is 2. The van der Waals surface area contributed by atoms with Crippen molar-refractivity contribution in [3.05, 3.63) is 151 Å². The Morgan fingerprint density at radius 1 is 0.414 bits per heavy atom. The van der Waals surface area contributed by atoms with Gasteiger partial charge < -0.3 is 20.1 Å². The zero-order chi connectivity index (χ0) is 41.5. The Hall–Kier alpha value is -7.48. The number of hydrogen-bond acceptors (Lipinski definition) is 10. The highest BCUT2D eigenvalue weighted by Gasteiger charge is 2.22.